The van der Waals surface area contributed by atoms with Crippen LogP contribution in [0.15, 0.2) is 144 Å². The lowest BCUT2D eigenvalue weighted by molar-refractivity contribution is 0.472. The number of rotatable bonds is 9. The van der Waals surface area contributed by atoms with Crippen LogP contribution < -0.4 is 5.73 Å². The molecule has 0 aliphatic carbocycles. The van der Waals surface area contributed by atoms with Gasteiger partial charge in [-0.05, 0) is 84.9 Å². The number of nitrogens with one attached hydrogen (secondary N) is 2. The van der Waals surface area contributed by atoms with Gasteiger partial charge >= 0.3 is 0 Å². The van der Waals surface area contributed by atoms with E-state index in [-0.39, 0.29) is 44.3 Å². The molecule has 7 aromatic carbocycles. The highest BCUT2D eigenvalue weighted by Gasteiger charge is 2.26. The molecule has 2 aromatic heterocycles. The van der Waals surface area contributed by atoms with Crippen LogP contribution in [0.3, 0.4) is 0 Å². The summed E-state index contributed by atoms with van der Waals surface area (Å²) in [6.45, 7) is 0. The third-order valence-corrected chi connectivity index (χ3v) is 12.5. The number of aromatic hydroxyl groups is 2. The molecule has 0 bridgehead atoms. The average Bonchev–Trinajstić information content (AvgIpc) is 3.88. The number of nitrogen functional groups attached to an aromatic ring is 1. The highest BCUT2D eigenvalue weighted by atomic mass is 32.2. The molecule has 9 rings (SSSR count). The fourth-order valence-electron chi connectivity index (χ4n) is 6.95. The number of phenolic OH excluding ortho intramolecular Hbond substituents is 2. The molecule has 9 N–H and O–H groups in total. The lowest BCUT2D eigenvalue weighted by Gasteiger charge is -2.09. The maximum atomic E-state index is 12.7. The largest absolute Gasteiger partial charge is 0.505 e. The van der Waals surface area contributed by atoms with Gasteiger partial charge in [0.25, 0.3) is 30.4 Å². The fraction of sp³-hybridized carbons (Fsp3) is 0. The predicted molar refractivity (Wildman–Crippen MR) is 230 cm³/mol. The second-order valence-corrected chi connectivity index (χ2v) is 18.1. The summed E-state index contributed by atoms with van der Waals surface area (Å²) in [5, 5.41) is 39.1. The number of fused-ring (bicyclic) bond motifs is 6. The molecule has 316 valence electrons. The van der Waals surface area contributed by atoms with Gasteiger partial charge in [-0.1, -0.05) is 24.3 Å². The number of nitrogens with zero attached hydrogens (tertiary/aromatic N) is 6. The van der Waals surface area contributed by atoms with E-state index in [1.807, 2.05) is 0 Å². The number of aromatic nitrogens is 4. The van der Waals surface area contributed by atoms with Crippen LogP contribution in [0.25, 0.3) is 66.4 Å². The Hall–Kier alpha value is -7.67. The predicted octanol–water partition coefficient (Wildman–Crippen LogP) is 8.64. The van der Waals surface area contributed by atoms with E-state index in [1.165, 1.54) is 36.4 Å². The summed E-state index contributed by atoms with van der Waals surface area (Å²) >= 11 is 0. The zero-order valence-corrected chi connectivity index (χ0v) is 34.0. The number of azo groups is 2. The number of benzene rings is 7. The summed E-state index contributed by atoms with van der Waals surface area (Å²) in [7, 11) is -14.5. The van der Waals surface area contributed by atoms with Crippen molar-refractivity contribution in [3.8, 4) is 34.3 Å². The van der Waals surface area contributed by atoms with Crippen LogP contribution in [0, 0.1) is 0 Å². The van der Waals surface area contributed by atoms with Crippen molar-refractivity contribution < 1.29 is 49.1 Å². The highest BCUT2D eigenvalue weighted by Crippen LogP contribution is 2.45. The first kappa shape index (κ1) is 40.7. The van der Waals surface area contributed by atoms with E-state index < -0.39 is 67.9 Å². The van der Waals surface area contributed by atoms with E-state index in [0.29, 0.717) is 39.2 Å². The van der Waals surface area contributed by atoms with E-state index in [2.05, 4.69) is 40.4 Å². The Morgan fingerprint density at radius 3 is 1.44 bits per heavy atom. The van der Waals surface area contributed by atoms with Gasteiger partial charge in [0.05, 0.1) is 38.3 Å². The van der Waals surface area contributed by atoms with Gasteiger partial charge in [0.15, 0.2) is 11.5 Å². The van der Waals surface area contributed by atoms with E-state index in [4.69, 9.17) is 5.73 Å². The summed E-state index contributed by atoms with van der Waals surface area (Å²) in [5.41, 5.74) is 7.89. The molecule has 23 heteroatoms. The number of H-pyrrole nitrogens is 2. The van der Waals surface area contributed by atoms with Crippen molar-refractivity contribution in [3.63, 3.8) is 0 Å². The first-order valence-corrected chi connectivity index (χ1v) is 22.3. The molecule has 0 saturated carbocycles. The number of anilines is 1. The van der Waals surface area contributed by atoms with Crippen LogP contribution in [0.5, 0.6) is 11.5 Å². The van der Waals surface area contributed by atoms with Crippen LogP contribution in [0.2, 0.25) is 0 Å². The van der Waals surface area contributed by atoms with E-state index in [1.54, 1.807) is 48.5 Å². The molecular formula is C40H27N9O11S3. The normalized spacial score (nSPS) is 12.8. The van der Waals surface area contributed by atoms with Crippen molar-refractivity contribution >= 4 is 102 Å². The Balaban J connectivity index is 1.08. The smallest absolute Gasteiger partial charge is 0.296 e. The third-order valence-electron chi connectivity index (χ3n) is 9.86. The molecule has 0 aliphatic rings. The summed E-state index contributed by atoms with van der Waals surface area (Å²) in [5.74, 6) is -0.608. The van der Waals surface area contributed by atoms with Gasteiger partial charge in [0, 0.05) is 38.4 Å². The van der Waals surface area contributed by atoms with Gasteiger partial charge in [0.1, 0.15) is 32.8 Å². The molecule has 2 heterocycles. The Labute approximate surface area is 354 Å². The van der Waals surface area contributed by atoms with Crippen LogP contribution >= 0.6 is 0 Å². The molecule has 0 radical (unpaired) electrons. The van der Waals surface area contributed by atoms with Gasteiger partial charge in [-0.15, -0.1) is 10.2 Å². The minimum atomic E-state index is -5.04. The summed E-state index contributed by atoms with van der Waals surface area (Å²) < 4.78 is 103. The number of nitrogens with two attached hydrogens (primary N) is 1. The molecule has 63 heavy (non-hydrogen) atoms. The first-order valence-electron chi connectivity index (χ1n) is 18.0. The summed E-state index contributed by atoms with van der Waals surface area (Å²) in [4.78, 5) is 13.5. The van der Waals surface area contributed by atoms with Gasteiger partial charge < -0.3 is 25.9 Å². The number of phenols is 2. The summed E-state index contributed by atoms with van der Waals surface area (Å²) in [6.07, 6.45) is 0. The van der Waals surface area contributed by atoms with Gasteiger partial charge in [-0.25, -0.2) is 9.97 Å². The number of aromatic amines is 2. The highest BCUT2D eigenvalue weighted by molar-refractivity contribution is 7.86. The monoisotopic (exact) mass is 905 g/mol. The van der Waals surface area contributed by atoms with Crippen molar-refractivity contribution in [1.29, 1.82) is 0 Å². The molecular weight excluding hydrogens is 879 g/mol. The average molecular weight is 906 g/mol. The first-order chi connectivity index (χ1) is 29.8. The molecule has 20 nitrogen and oxygen atoms in total. The molecule has 9 aromatic rings. The molecule has 0 amide bonds. The Morgan fingerprint density at radius 1 is 0.492 bits per heavy atom. The Bertz CT molecular complexity index is 3810. The lowest BCUT2D eigenvalue weighted by Crippen LogP contribution is -1.99. The maximum Gasteiger partial charge on any atom is 0.296 e. The van der Waals surface area contributed by atoms with Crippen molar-refractivity contribution in [2.75, 3.05) is 5.73 Å². The van der Waals surface area contributed by atoms with Crippen molar-refractivity contribution in [3.05, 3.63) is 109 Å². The standard InChI is InChI=1S/C40H27N9O11S3/c41-21-5-1-3-19(15-21)39-42-29-13-11-26-27(33(29)44-39)18-32(63(58,59)60)36(38(26)51)49-47-23-6-2-4-20(16-23)40-43-30-14-12-25-28(34(30)45-40)17-31(62(55,56)57)35(37(25)50)48-46-22-7-9-24(10-8-22)61(52,53)54/h1-18,50-51H,41H2,(H,42,44)(H,43,45)(H,52,53,54)(H,55,56,57)(H,58,59,60). The Morgan fingerprint density at radius 2 is 0.968 bits per heavy atom. The van der Waals surface area contributed by atoms with Crippen LogP contribution in [-0.2, 0) is 30.4 Å². The number of imidazole rings is 2. The fourth-order valence-corrected chi connectivity index (χ4v) is 8.72. The SMILES string of the molecule is Nc1cccc(-c2nc3c(ccc4c(O)c(N=Nc5cccc(-c6nc7c(ccc8c(O)c(N=Nc9ccc(S(=O)(=O)O)cc9)c(S(=O)(=O)O)cc87)[nH]6)c5)c(S(=O)(=O)O)cc43)[nH]2)c1. The van der Waals surface area contributed by atoms with Gasteiger partial charge in [0.2, 0.25) is 0 Å². The van der Waals surface area contributed by atoms with E-state index in [9.17, 15) is 49.1 Å². The summed E-state index contributed by atoms with van der Waals surface area (Å²) in [6, 6.07) is 26.0. The minimum Gasteiger partial charge on any atom is -0.505 e. The van der Waals surface area contributed by atoms with E-state index in [0.717, 1.165) is 24.3 Å². The third kappa shape index (κ3) is 7.56. The van der Waals surface area contributed by atoms with Crippen LogP contribution in [0.1, 0.15) is 0 Å². The number of hydrogen-bond acceptors (Lipinski definition) is 15. The molecule has 0 fully saturated rings. The van der Waals surface area contributed by atoms with E-state index >= 15 is 0 Å². The molecule has 0 saturated heterocycles. The van der Waals surface area contributed by atoms with Gasteiger partial charge in [-0.2, -0.15) is 35.5 Å². The quantitative estimate of drug-likeness (QED) is 0.0382. The second-order valence-electron chi connectivity index (χ2n) is 13.9. The van der Waals surface area contributed by atoms with Gasteiger partial charge in [-0.3, -0.25) is 13.7 Å². The molecule has 0 aliphatic heterocycles. The van der Waals surface area contributed by atoms with Crippen molar-refractivity contribution in [2.24, 2.45) is 20.5 Å². The molecule has 0 atom stereocenters. The van der Waals surface area contributed by atoms with Crippen molar-refractivity contribution in [2.45, 2.75) is 14.7 Å². The van der Waals surface area contributed by atoms with Crippen LogP contribution in [-0.4, -0.2) is 69.1 Å². The number of hydrogen-bond donors (Lipinski definition) is 8. The Kier molecular flexibility index (Phi) is 9.54. The minimum absolute atomic E-state index is 0.0192. The second kappa shape index (κ2) is 14.8. The zero-order chi connectivity index (χ0) is 44.6. The molecule has 0 unspecified atom stereocenters. The maximum absolute atomic E-state index is 12.7. The van der Waals surface area contributed by atoms with Crippen molar-refractivity contribution in [1.82, 2.24) is 19.9 Å². The van der Waals surface area contributed by atoms with Crippen LogP contribution in [0.4, 0.5) is 28.4 Å². The topological polar surface area (TPSA) is 336 Å². The molecule has 0 spiro atoms. The lowest BCUT2D eigenvalue weighted by atomic mass is 10.1. The zero-order valence-electron chi connectivity index (χ0n) is 31.6.